The number of aromatic nitrogens is 3. The number of pyridine rings is 1. The Kier molecular flexibility index (Phi) is 7.15. The molecule has 1 amide bonds. The quantitative estimate of drug-likeness (QED) is 0.526. The zero-order valence-corrected chi connectivity index (χ0v) is 17.4. The van der Waals surface area contributed by atoms with Gasteiger partial charge in [-0.1, -0.05) is 12.1 Å². The summed E-state index contributed by atoms with van der Waals surface area (Å²) in [7, 11) is 0. The molecule has 3 N–H and O–H groups in total. The Morgan fingerprint density at radius 1 is 1.29 bits per heavy atom. The number of carbonyl (C=O) groups is 2. The zero-order valence-electron chi connectivity index (χ0n) is 17.4. The fourth-order valence-electron chi connectivity index (χ4n) is 3.39. The van der Waals surface area contributed by atoms with Crippen LogP contribution in [-0.2, 0) is 11.2 Å². The molecule has 2 heterocycles. The molecule has 8 heteroatoms. The highest BCUT2D eigenvalue weighted by Gasteiger charge is 2.34. The number of hydrogen-bond donors (Lipinski definition) is 3. The lowest BCUT2D eigenvalue weighted by Gasteiger charge is -2.36. The van der Waals surface area contributed by atoms with Crippen molar-refractivity contribution < 1.29 is 19.8 Å². The van der Waals surface area contributed by atoms with E-state index in [1.807, 2.05) is 42.1 Å². The van der Waals surface area contributed by atoms with E-state index in [0.717, 1.165) is 48.1 Å². The number of carbonyl (C=O) groups excluding carboxylic acids is 1. The van der Waals surface area contributed by atoms with Gasteiger partial charge in [0.05, 0.1) is 11.3 Å². The van der Waals surface area contributed by atoms with Crippen molar-refractivity contribution in [2.24, 2.45) is 0 Å². The van der Waals surface area contributed by atoms with Crippen LogP contribution in [0.1, 0.15) is 46.4 Å². The molecule has 8 nitrogen and oxygen atoms in total. The summed E-state index contributed by atoms with van der Waals surface area (Å²) in [6.45, 7) is 2.03. The third-order valence-corrected chi connectivity index (χ3v) is 5.41. The van der Waals surface area contributed by atoms with E-state index >= 15 is 0 Å². The van der Waals surface area contributed by atoms with Crippen molar-refractivity contribution >= 4 is 12.4 Å². The smallest absolute Gasteiger partial charge is 0.290 e. The van der Waals surface area contributed by atoms with E-state index in [2.05, 4.69) is 27.5 Å². The number of rotatable bonds is 6. The first kappa shape index (κ1) is 22.2. The summed E-state index contributed by atoms with van der Waals surface area (Å²) in [5.41, 5.74) is 3.92. The highest BCUT2D eigenvalue weighted by molar-refractivity contribution is 5.92. The minimum Gasteiger partial charge on any atom is -0.483 e. The predicted molar refractivity (Wildman–Crippen MR) is 115 cm³/mol. The summed E-state index contributed by atoms with van der Waals surface area (Å²) in [6, 6.07) is 11.9. The van der Waals surface area contributed by atoms with Crippen molar-refractivity contribution in [1.29, 1.82) is 0 Å². The van der Waals surface area contributed by atoms with Crippen LogP contribution in [0.4, 0.5) is 0 Å². The molecule has 1 saturated carbocycles. The Hall–Kier alpha value is -3.52. The first-order valence-corrected chi connectivity index (χ1v) is 10.1. The van der Waals surface area contributed by atoms with Gasteiger partial charge in [0, 0.05) is 25.1 Å². The Morgan fingerprint density at radius 2 is 2.00 bits per heavy atom. The van der Waals surface area contributed by atoms with Gasteiger partial charge < -0.3 is 15.5 Å². The molecule has 1 aliphatic carbocycles. The van der Waals surface area contributed by atoms with E-state index in [-0.39, 0.29) is 18.9 Å². The van der Waals surface area contributed by atoms with Crippen LogP contribution in [0.25, 0.3) is 5.69 Å². The first-order valence-electron chi connectivity index (χ1n) is 10.1. The second-order valence-corrected chi connectivity index (χ2v) is 7.66. The molecule has 0 saturated heterocycles. The second-order valence-electron chi connectivity index (χ2n) is 7.66. The molecule has 4 rings (SSSR count). The number of hydrogen-bond acceptors (Lipinski definition) is 5. The normalized spacial score (nSPS) is 14.0. The van der Waals surface area contributed by atoms with Crippen LogP contribution >= 0.6 is 0 Å². The molecule has 0 unspecified atom stereocenters. The van der Waals surface area contributed by atoms with Crippen LogP contribution in [0.5, 0.6) is 0 Å². The molecular weight excluding hydrogens is 396 g/mol. The number of amides is 1. The monoisotopic (exact) mass is 422 g/mol. The molecule has 1 aromatic carbocycles. The second kappa shape index (κ2) is 9.99. The molecular formula is C23H26N4O4. The van der Waals surface area contributed by atoms with Crippen LogP contribution < -0.4 is 5.32 Å². The van der Waals surface area contributed by atoms with Crippen molar-refractivity contribution in [1.82, 2.24) is 20.1 Å². The largest absolute Gasteiger partial charge is 0.483 e. The topological polar surface area (TPSA) is 117 Å². The Labute approximate surface area is 180 Å². The van der Waals surface area contributed by atoms with Gasteiger partial charge in [0.2, 0.25) is 0 Å². The number of aliphatic hydroxyl groups is 1. The van der Waals surface area contributed by atoms with E-state index in [9.17, 15) is 9.90 Å². The van der Waals surface area contributed by atoms with Crippen molar-refractivity contribution in [3.8, 4) is 5.69 Å². The Balaban J connectivity index is 0.000000858. The van der Waals surface area contributed by atoms with Crippen LogP contribution in [0.3, 0.4) is 0 Å². The summed E-state index contributed by atoms with van der Waals surface area (Å²) in [5, 5.41) is 24.1. The summed E-state index contributed by atoms with van der Waals surface area (Å²) >= 11 is 0. The van der Waals surface area contributed by atoms with Gasteiger partial charge in [-0.05, 0) is 73.6 Å². The van der Waals surface area contributed by atoms with E-state index in [1.54, 1.807) is 12.4 Å². The maximum absolute atomic E-state index is 12.4. The zero-order chi connectivity index (χ0) is 22.3. The lowest BCUT2D eigenvalue weighted by Crippen LogP contribution is -2.47. The van der Waals surface area contributed by atoms with Crippen molar-refractivity contribution in [3.63, 3.8) is 0 Å². The first-order chi connectivity index (χ1) is 14.9. The van der Waals surface area contributed by atoms with Gasteiger partial charge in [0.15, 0.2) is 0 Å². The number of nitrogens with zero attached hydrogens (tertiary/aromatic N) is 3. The van der Waals surface area contributed by atoms with Crippen molar-refractivity contribution in [2.45, 2.75) is 38.2 Å². The maximum atomic E-state index is 12.4. The standard InChI is InChI=1S/C22H24N4O2.CH2O2/c1-16-14-23-20(21(27)24-15-22(28)8-2-9-22)13-18(16)12-17-4-6-19(7-5-17)26-11-3-10-25-26;2-1-3/h3-7,10-11,13-14,28H,2,8-9,12,15H2,1H3,(H,24,27);1H,(H,2,3). The molecule has 0 bridgehead atoms. The molecule has 2 aromatic heterocycles. The molecule has 0 atom stereocenters. The highest BCUT2D eigenvalue weighted by Crippen LogP contribution is 2.30. The average molecular weight is 422 g/mol. The summed E-state index contributed by atoms with van der Waals surface area (Å²) in [4.78, 5) is 25.1. The fraction of sp³-hybridized carbons (Fsp3) is 0.304. The van der Waals surface area contributed by atoms with Crippen LogP contribution in [0.15, 0.2) is 55.0 Å². The molecule has 0 aliphatic heterocycles. The molecule has 1 fully saturated rings. The van der Waals surface area contributed by atoms with Gasteiger partial charge in [0.1, 0.15) is 5.69 Å². The van der Waals surface area contributed by atoms with E-state index in [0.29, 0.717) is 5.69 Å². The molecule has 31 heavy (non-hydrogen) atoms. The van der Waals surface area contributed by atoms with Gasteiger partial charge in [0.25, 0.3) is 12.4 Å². The Morgan fingerprint density at radius 3 is 2.58 bits per heavy atom. The fourth-order valence-corrected chi connectivity index (χ4v) is 3.39. The van der Waals surface area contributed by atoms with Gasteiger partial charge in [-0.15, -0.1) is 0 Å². The van der Waals surface area contributed by atoms with E-state index in [4.69, 9.17) is 9.90 Å². The SMILES string of the molecule is Cc1cnc(C(=O)NCC2(O)CCC2)cc1Cc1ccc(-n2cccn2)cc1.O=CO. The summed E-state index contributed by atoms with van der Waals surface area (Å²) in [6.07, 6.45) is 8.62. The lowest BCUT2D eigenvalue weighted by atomic mass is 9.80. The van der Waals surface area contributed by atoms with E-state index in [1.165, 1.54) is 0 Å². The summed E-state index contributed by atoms with van der Waals surface area (Å²) < 4.78 is 1.82. The van der Waals surface area contributed by atoms with Gasteiger partial charge >= 0.3 is 0 Å². The average Bonchev–Trinajstić information content (AvgIpc) is 3.28. The third kappa shape index (κ3) is 5.76. The number of carboxylic acid groups (broad SMARTS) is 1. The molecule has 0 spiro atoms. The Bertz CT molecular complexity index is 1010. The maximum Gasteiger partial charge on any atom is 0.290 e. The molecule has 3 aromatic rings. The minimum atomic E-state index is -0.737. The molecule has 162 valence electrons. The summed E-state index contributed by atoms with van der Waals surface area (Å²) in [5.74, 6) is -0.240. The number of aryl methyl sites for hydroxylation is 1. The van der Waals surface area contributed by atoms with Gasteiger partial charge in [-0.25, -0.2) is 4.68 Å². The van der Waals surface area contributed by atoms with Crippen LogP contribution in [0, 0.1) is 6.92 Å². The van der Waals surface area contributed by atoms with Crippen molar-refractivity contribution in [3.05, 3.63) is 77.4 Å². The lowest BCUT2D eigenvalue weighted by molar-refractivity contribution is -0.122. The minimum absolute atomic E-state index is 0.240. The highest BCUT2D eigenvalue weighted by atomic mass is 16.3. The molecule has 0 radical (unpaired) electrons. The predicted octanol–water partition coefficient (Wildman–Crippen LogP) is 2.51. The third-order valence-electron chi connectivity index (χ3n) is 5.41. The number of benzene rings is 1. The van der Waals surface area contributed by atoms with Crippen molar-refractivity contribution in [2.75, 3.05) is 6.54 Å². The van der Waals surface area contributed by atoms with E-state index < -0.39 is 5.60 Å². The van der Waals surface area contributed by atoms with Gasteiger partial charge in [-0.2, -0.15) is 5.10 Å². The number of nitrogens with one attached hydrogen (secondary N) is 1. The molecule has 1 aliphatic rings. The van der Waals surface area contributed by atoms with Crippen LogP contribution in [0.2, 0.25) is 0 Å². The van der Waals surface area contributed by atoms with Gasteiger partial charge in [-0.3, -0.25) is 14.6 Å². The van der Waals surface area contributed by atoms with Crippen LogP contribution in [-0.4, -0.2) is 49.5 Å².